The van der Waals surface area contributed by atoms with Crippen LogP contribution in [-0.2, 0) is 24.3 Å². The molecule has 0 aliphatic heterocycles. The smallest absolute Gasteiger partial charge is 0.315 e. The minimum atomic E-state index is -0.178. The van der Waals surface area contributed by atoms with E-state index in [0.29, 0.717) is 26.3 Å². The summed E-state index contributed by atoms with van der Waals surface area (Å²) in [5.41, 5.74) is 4.43. The predicted octanol–water partition coefficient (Wildman–Crippen LogP) is 3.58. The average molecular weight is 356 g/mol. The highest BCUT2D eigenvalue weighted by Crippen LogP contribution is 2.19. The molecule has 5 nitrogen and oxygen atoms in total. The van der Waals surface area contributed by atoms with Gasteiger partial charge in [-0.05, 0) is 43.0 Å². The first-order valence-electron chi connectivity index (χ1n) is 8.93. The summed E-state index contributed by atoms with van der Waals surface area (Å²) >= 11 is 0. The first kappa shape index (κ1) is 19.8. The number of nitrogens with one attached hydrogen (secondary N) is 2. The molecule has 2 rings (SSSR count). The zero-order valence-corrected chi connectivity index (χ0v) is 15.8. The van der Waals surface area contributed by atoms with E-state index >= 15 is 0 Å². The molecular weight excluding hydrogens is 328 g/mol. The zero-order valence-electron chi connectivity index (χ0n) is 15.8. The molecule has 2 aromatic carbocycles. The van der Waals surface area contributed by atoms with Gasteiger partial charge in [0.1, 0.15) is 5.75 Å². The Morgan fingerprint density at radius 2 is 1.81 bits per heavy atom. The van der Waals surface area contributed by atoms with Crippen molar-refractivity contribution in [1.29, 1.82) is 0 Å². The average Bonchev–Trinajstić information content (AvgIpc) is 2.65. The fourth-order valence-electron chi connectivity index (χ4n) is 2.73. The standard InChI is InChI=1S/C21H28N2O3/c1-4-26-15-19-8-6-5-7-18(19)14-23-21(24)22-12-11-17-13-16(2)9-10-20(17)25-3/h5-10,13H,4,11-12,14-15H2,1-3H3,(H2,22,23,24). The minimum Gasteiger partial charge on any atom is -0.496 e. The maximum Gasteiger partial charge on any atom is 0.315 e. The van der Waals surface area contributed by atoms with E-state index in [-0.39, 0.29) is 6.03 Å². The number of urea groups is 1. The summed E-state index contributed by atoms with van der Waals surface area (Å²) in [7, 11) is 1.66. The van der Waals surface area contributed by atoms with E-state index in [1.54, 1.807) is 7.11 Å². The SMILES string of the molecule is CCOCc1ccccc1CNC(=O)NCCc1cc(C)ccc1OC. The van der Waals surface area contributed by atoms with Gasteiger partial charge in [0.05, 0.1) is 13.7 Å². The molecule has 0 atom stereocenters. The lowest BCUT2D eigenvalue weighted by Crippen LogP contribution is -2.36. The minimum absolute atomic E-state index is 0.178. The van der Waals surface area contributed by atoms with Crippen LogP contribution in [0.3, 0.4) is 0 Å². The number of carbonyl (C=O) groups excluding carboxylic acids is 1. The van der Waals surface area contributed by atoms with E-state index in [1.165, 1.54) is 5.56 Å². The van der Waals surface area contributed by atoms with Gasteiger partial charge in [-0.15, -0.1) is 0 Å². The van der Waals surface area contributed by atoms with E-state index in [1.807, 2.05) is 50.2 Å². The summed E-state index contributed by atoms with van der Waals surface area (Å²) in [6.07, 6.45) is 0.721. The largest absolute Gasteiger partial charge is 0.496 e. The van der Waals surface area contributed by atoms with Crippen molar-refractivity contribution in [3.05, 3.63) is 64.7 Å². The highest BCUT2D eigenvalue weighted by molar-refractivity contribution is 5.73. The van der Waals surface area contributed by atoms with E-state index in [2.05, 4.69) is 16.7 Å². The molecule has 0 aromatic heterocycles. The molecule has 2 N–H and O–H groups in total. The molecule has 26 heavy (non-hydrogen) atoms. The third-order valence-corrected chi connectivity index (χ3v) is 4.14. The van der Waals surface area contributed by atoms with Gasteiger partial charge < -0.3 is 20.1 Å². The molecule has 0 bridgehead atoms. The molecule has 0 fully saturated rings. The summed E-state index contributed by atoms with van der Waals surface area (Å²) in [6, 6.07) is 13.9. The Morgan fingerprint density at radius 3 is 2.54 bits per heavy atom. The molecule has 0 spiro atoms. The van der Waals surface area contributed by atoms with Crippen LogP contribution in [0.1, 0.15) is 29.2 Å². The lowest BCUT2D eigenvalue weighted by Gasteiger charge is -2.12. The fraction of sp³-hybridized carbons (Fsp3) is 0.381. The maximum absolute atomic E-state index is 12.1. The number of carbonyl (C=O) groups is 1. The molecule has 0 unspecified atom stereocenters. The Morgan fingerprint density at radius 1 is 1.04 bits per heavy atom. The molecule has 5 heteroatoms. The van der Waals surface area contributed by atoms with Crippen LogP contribution in [0.15, 0.2) is 42.5 Å². The molecule has 2 amide bonds. The summed E-state index contributed by atoms with van der Waals surface area (Å²) in [5.74, 6) is 0.850. The number of methoxy groups -OCH3 is 1. The highest BCUT2D eigenvalue weighted by atomic mass is 16.5. The number of ether oxygens (including phenoxy) is 2. The molecule has 2 aromatic rings. The number of aryl methyl sites for hydroxylation is 1. The summed E-state index contributed by atoms with van der Waals surface area (Å²) in [6.45, 7) is 6.27. The van der Waals surface area contributed by atoms with Crippen molar-refractivity contribution in [2.75, 3.05) is 20.3 Å². The van der Waals surface area contributed by atoms with Crippen LogP contribution >= 0.6 is 0 Å². The maximum atomic E-state index is 12.1. The van der Waals surface area contributed by atoms with Crippen LogP contribution in [0.5, 0.6) is 5.75 Å². The number of hydrogen-bond donors (Lipinski definition) is 2. The van der Waals surface area contributed by atoms with Crippen molar-refractivity contribution in [2.24, 2.45) is 0 Å². The van der Waals surface area contributed by atoms with Gasteiger partial charge in [0, 0.05) is 19.7 Å². The van der Waals surface area contributed by atoms with Crippen LogP contribution in [0.4, 0.5) is 4.79 Å². The normalized spacial score (nSPS) is 10.4. The van der Waals surface area contributed by atoms with Gasteiger partial charge in [-0.25, -0.2) is 4.79 Å². The third kappa shape index (κ3) is 6.08. The molecule has 0 aliphatic carbocycles. The predicted molar refractivity (Wildman–Crippen MR) is 103 cm³/mol. The second-order valence-corrected chi connectivity index (χ2v) is 6.08. The number of amides is 2. The third-order valence-electron chi connectivity index (χ3n) is 4.14. The number of benzene rings is 2. The van der Waals surface area contributed by atoms with Crippen LogP contribution in [-0.4, -0.2) is 26.3 Å². The van der Waals surface area contributed by atoms with Gasteiger partial charge in [0.25, 0.3) is 0 Å². The molecule has 0 aliphatic rings. The molecule has 0 radical (unpaired) electrons. The summed E-state index contributed by atoms with van der Waals surface area (Å²) in [4.78, 5) is 12.1. The first-order valence-corrected chi connectivity index (χ1v) is 8.93. The van der Waals surface area contributed by atoms with Gasteiger partial charge in [-0.1, -0.05) is 42.0 Å². The van der Waals surface area contributed by atoms with E-state index in [4.69, 9.17) is 9.47 Å². The second-order valence-electron chi connectivity index (χ2n) is 6.08. The second kappa shape index (κ2) is 10.5. The zero-order chi connectivity index (χ0) is 18.8. The van der Waals surface area contributed by atoms with Crippen molar-refractivity contribution >= 4 is 6.03 Å². The Kier molecular flexibility index (Phi) is 7.96. The molecule has 140 valence electrons. The molecular formula is C21H28N2O3. The topological polar surface area (TPSA) is 59.6 Å². The molecule has 0 heterocycles. The number of rotatable bonds is 9. The monoisotopic (exact) mass is 356 g/mol. The Balaban J connectivity index is 1.80. The van der Waals surface area contributed by atoms with Gasteiger partial charge in [0.15, 0.2) is 0 Å². The lowest BCUT2D eigenvalue weighted by molar-refractivity contribution is 0.133. The van der Waals surface area contributed by atoms with Crippen LogP contribution in [0.2, 0.25) is 0 Å². The van der Waals surface area contributed by atoms with Crippen molar-refractivity contribution < 1.29 is 14.3 Å². The van der Waals surface area contributed by atoms with Crippen molar-refractivity contribution in [1.82, 2.24) is 10.6 Å². The van der Waals surface area contributed by atoms with Gasteiger partial charge in [-0.2, -0.15) is 0 Å². The van der Waals surface area contributed by atoms with Crippen LogP contribution in [0, 0.1) is 6.92 Å². The fourth-order valence-corrected chi connectivity index (χ4v) is 2.73. The summed E-state index contributed by atoms with van der Waals surface area (Å²) in [5, 5.41) is 5.80. The Hall–Kier alpha value is -2.53. The molecule has 0 saturated heterocycles. The first-order chi connectivity index (χ1) is 12.6. The van der Waals surface area contributed by atoms with Crippen molar-refractivity contribution in [2.45, 2.75) is 33.4 Å². The van der Waals surface area contributed by atoms with Gasteiger partial charge in [0.2, 0.25) is 0 Å². The highest BCUT2D eigenvalue weighted by Gasteiger charge is 2.06. The van der Waals surface area contributed by atoms with Gasteiger partial charge in [-0.3, -0.25) is 0 Å². The lowest BCUT2D eigenvalue weighted by atomic mass is 10.1. The van der Waals surface area contributed by atoms with E-state index < -0.39 is 0 Å². The molecule has 0 saturated carbocycles. The quantitative estimate of drug-likeness (QED) is 0.722. The van der Waals surface area contributed by atoms with Gasteiger partial charge >= 0.3 is 6.03 Å². The van der Waals surface area contributed by atoms with E-state index in [9.17, 15) is 4.79 Å². The van der Waals surface area contributed by atoms with Crippen LogP contribution in [0.25, 0.3) is 0 Å². The summed E-state index contributed by atoms with van der Waals surface area (Å²) < 4.78 is 10.8. The number of hydrogen-bond acceptors (Lipinski definition) is 3. The Bertz CT molecular complexity index is 716. The van der Waals surface area contributed by atoms with Crippen molar-refractivity contribution in [3.8, 4) is 5.75 Å². The van der Waals surface area contributed by atoms with Crippen molar-refractivity contribution in [3.63, 3.8) is 0 Å². The Labute approximate surface area is 155 Å². The van der Waals surface area contributed by atoms with Crippen LogP contribution < -0.4 is 15.4 Å². The van der Waals surface area contributed by atoms with E-state index in [0.717, 1.165) is 28.9 Å².